The molecule has 0 aliphatic heterocycles. The number of hydrogen-bond acceptors (Lipinski definition) is 1. The van der Waals surface area contributed by atoms with Gasteiger partial charge in [-0.25, -0.2) is 0 Å². The van der Waals surface area contributed by atoms with Crippen LogP contribution in [0.4, 0.5) is 0 Å². The molecule has 0 saturated heterocycles. The Morgan fingerprint density at radius 3 is 1.87 bits per heavy atom. The van der Waals surface area contributed by atoms with Crippen LogP contribution < -0.4 is 4.74 Å². The average Bonchev–Trinajstić information content (AvgIpc) is 2.64. The van der Waals surface area contributed by atoms with Crippen molar-refractivity contribution < 1.29 is 4.74 Å². The zero-order valence-corrected chi connectivity index (χ0v) is 15.1. The maximum atomic E-state index is 5.80. The predicted molar refractivity (Wildman–Crippen MR) is 102 cm³/mol. The van der Waals surface area contributed by atoms with E-state index in [-0.39, 0.29) is 0 Å². The van der Waals surface area contributed by atoms with Crippen LogP contribution in [0.5, 0.6) is 5.75 Å². The maximum Gasteiger partial charge on any atom is 0.119 e. The minimum absolute atomic E-state index is 0.830. The monoisotopic (exact) mass is 312 g/mol. The van der Waals surface area contributed by atoms with Crippen LogP contribution in [0.3, 0.4) is 0 Å². The normalized spacial score (nSPS) is 9.87. The van der Waals surface area contributed by atoms with Crippen molar-refractivity contribution in [2.24, 2.45) is 0 Å². The largest absolute Gasteiger partial charge is 0.494 e. The lowest BCUT2D eigenvalue weighted by molar-refractivity contribution is 0.304. The fraction of sp³-hybridized carbons (Fsp3) is 0.455. The van der Waals surface area contributed by atoms with Crippen LogP contribution in [0, 0.1) is 0 Å². The Labute approximate surface area is 142 Å². The lowest BCUT2D eigenvalue weighted by atomic mass is 10.1. The summed E-state index contributed by atoms with van der Waals surface area (Å²) in [6, 6.07) is 18.8. The minimum Gasteiger partial charge on any atom is -0.494 e. The molecular weight excluding hydrogens is 280 g/mol. The molecule has 0 aliphatic rings. The molecule has 126 valence electrons. The molecule has 0 unspecified atom stereocenters. The Bertz CT molecular complexity index is 487. The van der Waals surface area contributed by atoms with Crippen molar-refractivity contribution in [2.45, 2.75) is 59.3 Å². The molecule has 0 N–H and O–H groups in total. The summed E-state index contributed by atoms with van der Waals surface area (Å²) < 4.78 is 5.80. The molecule has 1 nitrogen and oxygen atoms in total. The van der Waals surface area contributed by atoms with Crippen molar-refractivity contribution in [3.63, 3.8) is 0 Å². The molecule has 0 amide bonds. The summed E-state index contributed by atoms with van der Waals surface area (Å²) in [6.07, 6.45) is 7.81. The van der Waals surface area contributed by atoms with Gasteiger partial charge < -0.3 is 4.74 Å². The second-order valence-electron chi connectivity index (χ2n) is 5.51. The van der Waals surface area contributed by atoms with E-state index in [9.17, 15) is 0 Å². The Hall–Kier alpha value is -1.76. The summed E-state index contributed by atoms with van der Waals surface area (Å²) in [5.74, 6) is 0.975. The van der Waals surface area contributed by atoms with Gasteiger partial charge in [0.05, 0.1) is 6.61 Å². The zero-order chi connectivity index (χ0) is 16.8. The standard InChI is InChI=1S/C20H26O.C2H6/c1-2-3-4-5-6-10-17-21-20-15-13-19(14-16-20)18-11-8-7-9-12-18;1-2/h7-9,11-16H,2-6,10,17H2,1H3;1-2H3. The van der Waals surface area contributed by atoms with Crippen molar-refractivity contribution in [3.05, 3.63) is 54.6 Å². The molecule has 0 aliphatic carbocycles. The van der Waals surface area contributed by atoms with Gasteiger partial charge in [-0.3, -0.25) is 0 Å². The fourth-order valence-electron chi connectivity index (χ4n) is 2.45. The van der Waals surface area contributed by atoms with E-state index in [0.717, 1.165) is 18.8 Å². The molecular formula is C22H32O. The number of benzene rings is 2. The Morgan fingerprint density at radius 2 is 1.22 bits per heavy atom. The predicted octanol–water partition coefficient (Wildman–Crippen LogP) is 7.12. The molecule has 2 aromatic carbocycles. The Balaban J connectivity index is 0.00000127. The molecule has 0 heterocycles. The molecule has 2 rings (SSSR count). The van der Waals surface area contributed by atoms with E-state index in [1.807, 2.05) is 19.9 Å². The third kappa shape index (κ3) is 7.88. The third-order valence-electron chi connectivity index (χ3n) is 3.73. The van der Waals surface area contributed by atoms with Crippen LogP contribution in [0.25, 0.3) is 11.1 Å². The van der Waals surface area contributed by atoms with Gasteiger partial charge in [0, 0.05) is 0 Å². The van der Waals surface area contributed by atoms with Gasteiger partial charge in [-0.2, -0.15) is 0 Å². The summed E-state index contributed by atoms with van der Waals surface area (Å²) >= 11 is 0. The highest BCUT2D eigenvalue weighted by atomic mass is 16.5. The molecule has 1 heteroatoms. The van der Waals surface area contributed by atoms with Gasteiger partial charge in [0.25, 0.3) is 0 Å². The van der Waals surface area contributed by atoms with Gasteiger partial charge in [-0.05, 0) is 29.7 Å². The molecule has 0 bridgehead atoms. The second kappa shape index (κ2) is 12.8. The lowest BCUT2D eigenvalue weighted by Crippen LogP contribution is -1.97. The maximum absolute atomic E-state index is 5.80. The SMILES string of the molecule is CC.CCCCCCCCOc1ccc(-c2ccccc2)cc1. The van der Waals surface area contributed by atoms with Gasteiger partial charge in [0.1, 0.15) is 5.75 Å². The number of rotatable bonds is 9. The lowest BCUT2D eigenvalue weighted by Gasteiger charge is -2.07. The number of unbranched alkanes of at least 4 members (excludes halogenated alkanes) is 5. The highest BCUT2D eigenvalue weighted by Crippen LogP contribution is 2.22. The number of ether oxygens (including phenoxy) is 1. The van der Waals surface area contributed by atoms with Gasteiger partial charge in [0.2, 0.25) is 0 Å². The van der Waals surface area contributed by atoms with E-state index < -0.39 is 0 Å². The topological polar surface area (TPSA) is 9.23 Å². The zero-order valence-electron chi connectivity index (χ0n) is 15.1. The highest BCUT2D eigenvalue weighted by Gasteiger charge is 1.98. The van der Waals surface area contributed by atoms with Gasteiger partial charge >= 0.3 is 0 Å². The van der Waals surface area contributed by atoms with Gasteiger partial charge in [-0.1, -0.05) is 95.3 Å². The average molecular weight is 312 g/mol. The van der Waals surface area contributed by atoms with E-state index in [0.29, 0.717) is 0 Å². The van der Waals surface area contributed by atoms with Gasteiger partial charge in [0.15, 0.2) is 0 Å². The molecule has 2 aromatic rings. The van der Waals surface area contributed by atoms with Crippen molar-refractivity contribution in [3.8, 4) is 16.9 Å². The van der Waals surface area contributed by atoms with E-state index in [4.69, 9.17) is 4.74 Å². The minimum atomic E-state index is 0.830. The van der Waals surface area contributed by atoms with E-state index in [2.05, 4.69) is 55.5 Å². The molecule has 0 spiro atoms. The molecule has 0 saturated carbocycles. The van der Waals surface area contributed by atoms with Crippen molar-refractivity contribution in [1.29, 1.82) is 0 Å². The van der Waals surface area contributed by atoms with Crippen LogP contribution in [0.1, 0.15) is 59.3 Å². The van der Waals surface area contributed by atoms with Crippen molar-refractivity contribution in [1.82, 2.24) is 0 Å². The quantitative estimate of drug-likeness (QED) is 0.448. The first-order chi connectivity index (χ1) is 11.4. The molecule has 0 fully saturated rings. The second-order valence-corrected chi connectivity index (χ2v) is 5.51. The van der Waals surface area contributed by atoms with E-state index >= 15 is 0 Å². The van der Waals surface area contributed by atoms with Crippen LogP contribution in [0.2, 0.25) is 0 Å². The Kier molecular flexibility index (Phi) is 10.7. The summed E-state index contributed by atoms with van der Waals surface area (Å²) in [6.45, 7) is 7.08. The first-order valence-electron chi connectivity index (χ1n) is 9.18. The van der Waals surface area contributed by atoms with Crippen LogP contribution in [-0.2, 0) is 0 Å². The van der Waals surface area contributed by atoms with Crippen molar-refractivity contribution in [2.75, 3.05) is 6.61 Å². The first-order valence-corrected chi connectivity index (χ1v) is 9.18. The van der Waals surface area contributed by atoms with E-state index in [1.165, 1.54) is 43.2 Å². The molecule has 0 radical (unpaired) electrons. The summed E-state index contributed by atoms with van der Waals surface area (Å²) in [5.41, 5.74) is 2.49. The summed E-state index contributed by atoms with van der Waals surface area (Å²) in [7, 11) is 0. The van der Waals surface area contributed by atoms with Crippen LogP contribution in [0.15, 0.2) is 54.6 Å². The van der Waals surface area contributed by atoms with Crippen LogP contribution in [-0.4, -0.2) is 6.61 Å². The van der Waals surface area contributed by atoms with Crippen LogP contribution >= 0.6 is 0 Å². The number of hydrogen-bond donors (Lipinski definition) is 0. The van der Waals surface area contributed by atoms with E-state index in [1.54, 1.807) is 0 Å². The fourth-order valence-corrected chi connectivity index (χ4v) is 2.45. The van der Waals surface area contributed by atoms with Crippen molar-refractivity contribution >= 4 is 0 Å². The highest BCUT2D eigenvalue weighted by molar-refractivity contribution is 5.63. The molecule has 0 aromatic heterocycles. The summed E-state index contributed by atoms with van der Waals surface area (Å²) in [4.78, 5) is 0. The Morgan fingerprint density at radius 1 is 0.652 bits per heavy atom. The first kappa shape index (κ1) is 19.3. The molecule has 23 heavy (non-hydrogen) atoms. The smallest absolute Gasteiger partial charge is 0.119 e. The summed E-state index contributed by atoms with van der Waals surface area (Å²) in [5, 5.41) is 0. The third-order valence-corrected chi connectivity index (χ3v) is 3.73. The molecule has 0 atom stereocenters. The van der Waals surface area contributed by atoms with Gasteiger partial charge in [-0.15, -0.1) is 0 Å².